The molecule has 0 aromatic rings. The molecule has 0 aromatic carbocycles. The summed E-state index contributed by atoms with van der Waals surface area (Å²) in [7, 11) is 1.40. The van der Waals surface area contributed by atoms with Gasteiger partial charge in [-0.15, -0.1) is 0 Å². The molecule has 0 unspecified atom stereocenters. The van der Waals surface area contributed by atoms with Crippen molar-refractivity contribution >= 4 is 5.97 Å². The van der Waals surface area contributed by atoms with Crippen LogP contribution in [0.4, 0.5) is 0 Å². The maximum absolute atomic E-state index is 10.8. The summed E-state index contributed by atoms with van der Waals surface area (Å²) in [6.07, 6.45) is 1.30. The molecular formula is C7H14N2O2. The highest BCUT2D eigenvalue weighted by Crippen LogP contribution is 2.08. The zero-order valence-corrected chi connectivity index (χ0v) is 6.67. The quantitative estimate of drug-likeness (QED) is 0.518. The normalized spacial score (nSPS) is 30.4. The number of nitrogens with one attached hydrogen (secondary N) is 1. The second-order valence-corrected chi connectivity index (χ2v) is 2.88. The van der Waals surface area contributed by atoms with Gasteiger partial charge in [0.1, 0.15) is 0 Å². The molecule has 0 aromatic heterocycles. The monoisotopic (exact) mass is 158 g/mol. The summed E-state index contributed by atoms with van der Waals surface area (Å²) in [5, 5.41) is 3.15. The van der Waals surface area contributed by atoms with Crippen LogP contribution in [0.2, 0.25) is 0 Å². The van der Waals surface area contributed by atoms with Gasteiger partial charge in [-0.1, -0.05) is 0 Å². The van der Waals surface area contributed by atoms with Crippen LogP contribution in [0, 0.1) is 0 Å². The number of ether oxygens (including phenoxy) is 1. The van der Waals surface area contributed by atoms with Gasteiger partial charge in [0.25, 0.3) is 0 Å². The molecule has 1 fully saturated rings. The first-order valence-corrected chi connectivity index (χ1v) is 3.78. The van der Waals surface area contributed by atoms with Crippen molar-refractivity contribution in [2.45, 2.75) is 24.9 Å². The lowest BCUT2D eigenvalue weighted by molar-refractivity contribution is -0.141. The van der Waals surface area contributed by atoms with E-state index in [1.807, 2.05) is 0 Å². The Hall–Kier alpha value is -0.610. The van der Waals surface area contributed by atoms with Crippen LogP contribution >= 0.6 is 0 Å². The van der Waals surface area contributed by atoms with E-state index in [2.05, 4.69) is 10.1 Å². The second kappa shape index (κ2) is 3.69. The predicted molar refractivity (Wildman–Crippen MR) is 41.0 cm³/mol. The molecule has 1 heterocycles. The van der Waals surface area contributed by atoms with Gasteiger partial charge in [0.05, 0.1) is 13.5 Å². The molecule has 1 rings (SSSR count). The number of nitrogens with two attached hydrogens (primary N) is 1. The topological polar surface area (TPSA) is 64.3 Å². The van der Waals surface area contributed by atoms with Crippen molar-refractivity contribution < 1.29 is 9.53 Å². The Morgan fingerprint density at radius 3 is 3.00 bits per heavy atom. The van der Waals surface area contributed by atoms with Gasteiger partial charge in [-0.2, -0.15) is 0 Å². The highest BCUT2D eigenvalue weighted by molar-refractivity contribution is 5.69. The molecule has 0 aliphatic carbocycles. The van der Waals surface area contributed by atoms with Gasteiger partial charge in [0.2, 0.25) is 0 Å². The van der Waals surface area contributed by atoms with Gasteiger partial charge in [-0.3, -0.25) is 4.79 Å². The van der Waals surface area contributed by atoms with Crippen molar-refractivity contribution in [1.82, 2.24) is 5.32 Å². The summed E-state index contributed by atoms with van der Waals surface area (Å²) in [6, 6.07) is 0.419. The minimum Gasteiger partial charge on any atom is -0.469 e. The van der Waals surface area contributed by atoms with Crippen LogP contribution < -0.4 is 11.1 Å². The Bertz CT molecular complexity index is 149. The fourth-order valence-corrected chi connectivity index (χ4v) is 1.29. The molecule has 4 heteroatoms. The summed E-state index contributed by atoms with van der Waals surface area (Å²) >= 11 is 0. The van der Waals surface area contributed by atoms with E-state index in [1.165, 1.54) is 7.11 Å². The lowest BCUT2D eigenvalue weighted by Gasteiger charge is -2.06. The van der Waals surface area contributed by atoms with E-state index in [0.717, 1.165) is 13.0 Å². The summed E-state index contributed by atoms with van der Waals surface area (Å²) in [4.78, 5) is 10.8. The van der Waals surface area contributed by atoms with Crippen LogP contribution in [0.25, 0.3) is 0 Å². The van der Waals surface area contributed by atoms with E-state index in [1.54, 1.807) is 0 Å². The lowest BCUT2D eigenvalue weighted by Crippen LogP contribution is -2.25. The number of hydrogen-bond donors (Lipinski definition) is 2. The van der Waals surface area contributed by atoms with Crippen LogP contribution in [-0.4, -0.2) is 31.7 Å². The number of carbonyl (C=O) groups excluding carboxylic acids is 1. The number of carbonyl (C=O) groups is 1. The number of methoxy groups -OCH3 is 1. The first-order valence-electron chi connectivity index (χ1n) is 3.78. The Morgan fingerprint density at radius 2 is 2.55 bits per heavy atom. The van der Waals surface area contributed by atoms with Gasteiger partial charge >= 0.3 is 5.97 Å². The standard InChI is InChI=1S/C7H14N2O2/c1-11-7(10)3-6-2-5(8)4-9-6/h5-6,9H,2-4,8H2,1H3/t5-,6+/m1/s1. The van der Waals surface area contributed by atoms with Gasteiger partial charge in [-0.25, -0.2) is 0 Å². The smallest absolute Gasteiger partial charge is 0.307 e. The summed E-state index contributed by atoms with van der Waals surface area (Å²) in [6.45, 7) is 0.807. The molecular weight excluding hydrogens is 144 g/mol. The van der Waals surface area contributed by atoms with Crippen LogP contribution in [0.3, 0.4) is 0 Å². The third kappa shape index (κ3) is 2.48. The molecule has 4 nitrogen and oxygen atoms in total. The van der Waals surface area contributed by atoms with Crippen molar-refractivity contribution in [2.24, 2.45) is 5.73 Å². The van der Waals surface area contributed by atoms with Crippen molar-refractivity contribution in [3.8, 4) is 0 Å². The molecule has 0 radical (unpaired) electrons. The average Bonchev–Trinajstić information content (AvgIpc) is 2.35. The summed E-state index contributed by atoms with van der Waals surface area (Å²) < 4.78 is 4.53. The minimum absolute atomic E-state index is 0.170. The molecule has 1 aliphatic heterocycles. The van der Waals surface area contributed by atoms with E-state index >= 15 is 0 Å². The van der Waals surface area contributed by atoms with Crippen LogP contribution in [0.1, 0.15) is 12.8 Å². The molecule has 3 N–H and O–H groups in total. The molecule has 11 heavy (non-hydrogen) atoms. The molecule has 0 amide bonds. The van der Waals surface area contributed by atoms with E-state index < -0.39 is 0 Å². The fourth-order valence-electron chi connectivity index (χ4n) is 1.29. The third-order valence-electron chi connectivity index (χ3n) is 1.90. The predicted octanol–water partition coefficient (Wildman–Crippen LogP) is -0.761. The molecule has 0 saturated carbocycles. The Balaban J connectivity index is 2.23. The molecule has 1 aliphatic rings. The van der Waals surface area contributed by atoms with Crippen molar-refractivity contribution in [3.63, 3.8) is 0 Å². The Kier molecular flexibility index (Phi) is 2.84. The average molecular weight is 158 g/mol. The fraction of sp³-hybridized carbons (Fsp3) is 0.857. The van der Waals surface area contributed by atoms with E-state index in [0.29, 0.717) is 6.42 Å². The molecule has 2 atom stereocenters. The van der Waals surface area contributed by atoms with Gasteiger partial charge < -0.3 is 15.8 Å². The first-order chi connectivity index (χ1) is 5.22. The van der Waals surface area contributed by atoms with E-state index in [-0.39, 0.29) is 18.1 Å². The van der Waals surface area contributed by atoms with Crippen molar-refractivity contribution in [3.05, 3.63) is 0 Å². The minimum atomic E-state index is -0.170. The molecule has 1 saturated heterocycles. The molecule has 0 bridgehead atoms. The summed E-state index contributed by atoms with van der Waals surface area (Å²) in [5.41, 5.74) is 5.63. The number of esters is 1. The Morgan fingerprint density at radius 1 is 1.82 bits per heavy atom. The third-order valence-corrected chi connectivity index (χ3v) is 1.90. The largest absolute Gasteiger partial charge is 0.469 e. The van der Waals surface area contributed by atoms with Crippen LogP contribution in [-0.2, 0) is 9.53 Å². The van der Waals surface area contributed by atoms with Crippen LogP contribution in [0.15, 0.2) is 0 Å². The maximum Gasteiger partial charge on any atom is 0.307 e. The highest BCUT2D eigenvalue weighted by Gasteiger charge is 2.23. The van der Waals surface area contributed by atoms with E-state index in [9.17, 15) is 4.79 Å². The van der Waals surface area contributed by atoms with Gasteiger partial charge in [0, 0.05) is 18.6 Å². The van der Waals surface area contributed by atoms with Crippen LogP contribution in [0.5, 0.6) is 0 Å². The first kappa shape index (κ1) is 8.49. The molecule has 0 spiro atoms. The number of hydrogen-bond acceptors (Lipinski definition) is 4. The number of rotatable bonds is 2. The van der Waals surface area contributed by atoms with Crippen molar-refractivity contribution in [1.29, 1.82) is 0 Å². The zero-order chi connectivity index (χ0) is 8.27. The second-order valence-electron chi connectivity index (χ2n) is 2.88. The van der Waals surface area contributed by atoms with Gasteiger partial charge in [0.15, 0.2) is 0 Å². The zero-order valence-electron chi connectivity index (χ0n) is 6.67. The molecule has 64 valence electrons. The summed E-state index contributed by atoms with van der Waals surface area (Å²) in [5.74, 6) is -0.170. The highest BCUT2D eigenvalue weighted by atomic mass is 16.5. The van der Waals surface area contributed by atoms with Gasteiger partial charge in [-0.05, 0) is 6.42 Å². The SMILES string of the molecule is COC(=O)C[C@@H]1C[C@@H](N)CN1. The van der Waals surface area contributed by atoms with E-state index in [4.69, 9.17) is 5.73 Å². The lowest BCUT2D eigenvalue weighted by atomic mass is 10.1. The maximum atomic E-state index is 10.8. The van der Waals surface area contributed by atoms with Crippen molar-refractivity contribution in [2.75, 3.05) is 13.7 Å². The Labute approximate surface area is 66.1 Å².